The van der Waals surface area contributed by atoms with Crippen LogP contribution in [0, 0.1) is 11.8 Å². The summed E-state index contributed by atoms with van der Waals surface area (Å²) < 4.78 is 15.7. The molecule has 1 fully saturated rings. The topological polar surface area (TPSA) is 85.9 Å². The molecule has 0 heterocycles. The van der Waals surface area contributed by atoms with Crippen molar-refractivity contribution in [2.45, 2.75) is 6.42 Å². The maximum atomic E-state index is 12.5. The third-order valence-corrected chi connectivity index (χ3v) is 4.50. The van der Waals surface area contributed by atoms with Gasteiger partial charge in [0.25, 0.3) is 0 Å². The summed E-state index contributed by atoms with van der Waals surface area (Å²) in [5.41, 5.74) is 1.13. The van der Waals surface area contributed by atoms with Crippen molar-refractivity contribution in [3.05, 3.63) is 42.5 Å². The minimum Gasteiger partial charge on any atom is -0.497 e. The van der Waals surface area contributed by atoms with Gasteiger partial charge in [0.1, 0.15) is 17.2 Å². The van der Waals surface area contributed by atoms with Crippen molar-refractivity contribution in [2.75, 3.05) is 32.0 Å². The summed E-state index contributed by atoms with van der Waals surface area (Å²) in [6.07, 6.45) is 0.505. The highest BCUT2D eigenvalue weighted by Crippen LogP contribution is 2.41. The van der Waals surface area contributed by atoms with E-state index in [4.69, 9.17) is 14.2 Å². The zero-order valence-electron chi connectivity index (χ0n) is 15.4. The summed E-state index contributed by atoms with van der Waals surface area (Å²) in [5, 5.41) is 5.65. The van der Waals surface area contributed by atoms with Gasteiger partial charge in [-0.1, -0.05) is 12.1 Å². The van der Waals surface area contributed by atoms with Crippen molar-refractivity contribution < 1.29 is 23.8 Å². The van der Waals surface area contributed by atoms with Gasteiger partial charge in [0.2, 0.25) is 11.8 Å². The van der Waals surface area contributed by atoms with Crippen molar-refractivity contribution in [3.63, 3.8) is 0 Å². The third-order valence-electron chi connectivity index (χ3n) is 4.50. The molecule has 1 aliphatic carbocycles. The van der Waals surface area contributed by atoms with E-state index in [-0.39, 0.29) is 23.7 Å². The van der Waals surface area contributed by atoms with Gasteiger partial charge < -0.3 is 24.8 Å². The number of benzene rings is 2. The van der Waals surface area contributed by atoms with E-state index in [1.807, 2.05) is 12.1 Å². The van der Waals surface area contributed by atoms with E-state index in [0.717, 1.165) is 0 Å². The molecule has 2 aromatic rings. The largest absolute Gasteiger partial charge is 0.497 e. The maximum Gasteiger partial charge on any atom is 0.228 e. The van der Waals surface area contributed by atoms with E-state index in [1.54, 1.807) is 44.6 Å². The van der Waals surface area contributed by atoms with E-state index < -0.39 is 0 Å². The third kappa shape index (κ3) is 4.13. The molecule has 0 radical (unpaired) electrons. The molecule has 2 atom stereocenters. The minimum atomic E-state index is -0.369. The first-order valence-corrected chi connectivity index (χ1v) is 8.54. The van der Waals surface area contributed by atoms with Gasteiger partial charge in [-0.15, -0.1) is 0 Å². The number of methoxy groups -OCH3 is 3. The van der Waals surface area contributed by atoms with E-state index in [2.05, 4.69) is 10.6 Å². The molecule has 2 N–H and O–H groups in total. The zero-order chi connectivity index (χ0) is 19.4. The van der Waals surface area contributed by atoms with Gasteiger partial charge in [0, 0.05) is 6.07 Å². The van der Waals surface area contributed by atoms with E-state index in [1.165, 1.54) is 7.11 Å². The lowest BCUT2D eigenvalue weighted by atomic mass is 10.2. The molecule has 1 saturated carbocycles. The normalized spacial score (nSPS) is 17.6. The fourth-order valence-electron chi connectivity index (χ4n) is 2.88. The summed E-state index contributed by atoms with van der Waals surface area (Å²) >= 11 is 0. The fraction of sp³-hybridized carbons (Fsp3) is 0.300. The average molecular weight is 370 g/mol. The number of carbonyl (C=O) groups excluding carboxylic acids is 2. The zero-order valence-corrected chi connectivity index (χ0v) is 15.4. The van der Waals surface area contributed by atoms with Gasteiger partial charge in [-0.3, -0.25) is 9.59 Å². The summed E-state index contributed by atoms with van der Waals surface area (Å²) in [6, 6.07) is 12.3. The number of hydrogen-bond acceptors (Lipinski definition) is 5. The number of rotatable bonds is 7. The molecular formula is C20H22N2O5. The second-order valence-electron chi connectivity index (χ2n) is 6.19. The molecule has 142 valence electrons. The van der Waals surface area contributed by atoms with Gasteiger partial charge in [-0.25, -0.2) is 0 Å². The van der Waals surface area contributed by atoms with Gasteiger partial charge in [0.15, 0.2) is 0 Å². The molecule has 2 aromatic carbocycles. The Labute approximate surface area is 157 Å². The van der Waals surface area contributed by atoms with Crippen LogP contribution >= 0.6 is 0 Å². The van der Waals surface area contributed by atoms with Gasteiger partial charge in [-0.2, -0.15) is 0 Å². The second kappa shape index (κ2) is 7.99. The Morgan fingerprint density at radius 3 is 2.00 bits per heavy atom. The molecule has 0 aromatic heterocycles. The molecule has 0 saturated heterocycles. The summed E-state index contributed by atoms with van der Waals surface area (Å²) in [5.74, 6) is 0.574. The first kappa shape index (κ1) is 18.6. The smallest absolute Gasteiger partial charge is 0.228 e. The van der Waals surface area contributed by atoms with E-state index in [0.29, 0.717) is 35.0 Å². The Kier molecular flexibility index (Phi) is 5.49. The predicted octanol–water partition coefficient (Wildman–Crippen LogP) is 2.93. The minimum absolute atomic E-state index is 0.193. The first-order valence-electron chi connectivity index (χ1n) is 8.54. The number of nitrogens with one attached hydrogen (secondary N) is 2. The predicted molar refractivity (Wildman–Crippen MR) is 101 cm³/mol. The highest BCUT2D eigenvalue weighted by Gasteiger charge is 2.48. The Balaban J connectivity index is 1.61. The maximum absolute atomic E-state index is 12.5. The molecule has 7 nitrogen and oxygen atoms in total. The lowest BCUT2D eigenvalue weighted by Crippen LogP contribution is -2.21. The Morgan fingerprint density at radius 1 is 0.815 bits per heavy atom. The molecule has 0 aliphatic heterocycles. The van der Waals surface area contributed by atoms with Crippen LogP contribution in [-0.2, 0) is 9.59 Å². The van der Waals surface area contributed by atoms with Gasteiger partial charge in [0.05, 0.1) is 44.5 Å². The second-order valence-corrected chi connectivity index (χ2v) is 6.19. The Bertz CT molecular complexity index is 852. The molecule has 2 amide bonds. The van der Waals surface area contributed by atoms with Crippen LogP contribution < -0.4 is 24.8 Å². The van der Waals surface area contributed by atoms with E-state index >= 15 is 0 Å². The van der Waals surface area contributed by atoms with Crippen LogP contribution in [0.2, 0.25) is 0 Å². The van der Waals surface area contributed by atoms with Crippen molar-refractivity contribution in [3.8, 4) is 17.2 Å². The summed E-state index contributed by atoms with van der Waals surface area (Å²) in [4.78, 5) is 24.9. The summed E-state index contributed by atoms with van der Waals surface area (Å²) in [6.45, 7) is 0. The number of amides is 2. The average Bonchev–Trinajstić information content (AvgIpc) is 3.50. The Hall–Kier alpha value is -3.22. The highest BCUT2D eigenvalue weighted by atomic mass is 16.5. The van der Waals surface area contributed by atoms with Gasteiger partial charge >= 0.3 is 0 Å². The molecular weight excluding hydrogens is 348 g/mol. The quantitative estimate of drug-likeness (QED) is 0.783. The fourth-order valence-corrected chi connectivity index (χ4v) is 2.88. The summed E-state index contributed by atoms with van der Waals surface area (Å²) in [7, 11) is 4.62. The van der Waals surface area contributed by atoms with Crippen LogP contribution in [0.15, 0.2) is 42.5 Å². The molecule has 0 bridgehead atoms. The number of hydrogen-bond donors (Lipinski definition) is 2. The van der Waals surface area contributed by atoms with Crippen LogP contribution in [0.25, 0.3) is 0 Å². The van der Waals surface area contributed by atoms with Crippen LogP contribution in [-0.4, -0.2) is 33.1 Å². The molecule has 1 aliphatic rings. The van der Waals surface area contributed by atoms with Crippen LogP contribution in [0.1, 0.15) is 6.42 Å². The number of anilines is 2. The Morgan fingerprint density at radius 2 is 1.41 bits per heavy atom. The lowest BCUT2D eigenvalue weighted by Gasteiger charge is -2.12. The van der Waals surface area contributed by atoms with Crippen molar-refractivity contribution in [1.29, 1.82) is 0 Å². The lowest BCUT2D eigenvalue weighted by molar-refractivity contribution is -0.122. The van der Waals surface area contributed by atoms with Crippen molar-refractivity contribution >= 4 is 23.2 Å². The molecule has 3 rings (SSSR count). The monoisotopic (exact) mass is 370 g/mol. The van der Waals surface area contributed by atoms with E-state index in [9.17, 15) is 9.59 Å². The highest BCUT2D eigenvalue weighted by molar-refractivity contribution is 6.04. The van der Waals surface area contributed by atoms with Crippen LogP contribution in [0.4, 0.5) is 11.4 Å². The number of ether oxygens (including phenoxy) is 3. The molecule has 27 heavy (non-hydrogen) atoms. The standard InChI is InChI=1S/C20H22N2O5/c1-25-12-8-9-16(18(10-12)27-3)22-20(24)14-11-13(14)19(23)21-15-6-4-5-7-17(15)26-2/h4-10,13-14H,11H2,1-3H3,(H,21,23)(H,22,24). The molecule has 2 unspecified atom stereocenters. The van der Waals surface area contributed by atoms with Crippen LogP contribution in [0.5, 0.6) is 17.2 Å². The number of carbonyl (C=O) groups is 2. The van der Waals surface area contributed by atoms with Crippen molar-refractivity contribution in [2.24, 2.45) is 11.8 Å². The SMILES string of the molecule is COc1ccc(NC(=O)C2CC2C(=O)Nc2ccccc2OC)c(OC)c1. The molecule has 7 heteroatoms. The number of para-hydroxylation sites is 2. The molecule has 0 spiro atoms. The first-order chi connectivity index (χ1) is 13.1. The van der Waals surface area contributed by atoms with Gasteiger partial charge in [-0.05, 0) is 30.7 Å². The van der Waals surface area contributed by atoms with Crippen molar-refractivity contribution in [1.82, 2.24) is 0 Å². The van der Waals surface area contributed by atoms with Crippen LogP contribution in [0.3, 0.4) is 0 Å².